The van der Waals surface area contributed by atoms with E-state index in [9.17, 15) is 8.78 Å². The van der Waals surface area contributed by atoms with Crippen molar-refractivity contribution in [2.45, 2.75) is 13.5 Å². The lowest BCUT2D eigenvalue weighted by Gasteiger charge is -2.07. The molecular formula is C18H16F2N4O. The van der Waals surface area contributed by atoms with Gasteiger partial charge in [-0.15, -0.1) is 0 Å². The molecular weight excluding hydrogens is 326 g/mol. The summed E-state index contributed by atoms with van der Waals surface area (Å²) in [7, 11) is 0. The summed E-state index contributed by atoms with van der Waals surface area (Å²) in [4.78, 5) is 4.06. The Hall–Kier alpha value is -3.22. The van der Waals surface area contributed by atoms with E-state index in [0.29, 0.717) is 11.7 Å². The van der Waals surface area contributed by atoms with Crippen molar-refractivity contribution in [3.05, 3.63) is 77.1 Å². The monoisotopic (exact) mass is 342 g/mol. The van der Waals surface area contributed by atoms with E-state index in [1.54, 1.807) is 36.7 Å². The number of nitrogens with zero attached hydrogens (tertiary/aromatic N) is 3. The highest BCUT2D eigenvalue weighted by molar-refractivity contribution is 5.79. The molecule has 0 radical (unpaired) electrons. The highest BCUT2D eigenvalue weighted by Gasteiger charge is 2.05. The van der Waals surface area contributed by atoms with Gasteiger partial charge in [0.2, 0.25) is 5.95 Å². The van der Waals surface area contributed by atoms with Gasteiger partial charge in [0.05, 0.1) is 18.1 Å². The molecule has 0 saturated carbocycles. The minimum atomic E-state index is -0.628. The summed E-state index contributed by atoms with van der Waals surface area (Å²) in [6.45, 7) is 1.85. The Balaban J connectivity index is 1.63. The van der Waals surface area contributed by atoms with Crippen molar-refractivity contribution in [1.29, 1.82) is 0 Å². The van der Waals surface area contributed by atoms with Crippen molar-refractivity contribution in [3.8, 4) is 5.75 Å². The first-order chi connectivity index (χ1) is 12.0. The van der Waals surface area contributed by atoms with E-state index in [4.69, 9.17) is 10.5 Å². The van der Waals surface area contributed by atoms with Crippen LogP contribution in [0.1, 0.15) is 16.8 Å². The number of ether oxygens (including phenoxy) is 1. The summed E-state index contributed by atoms with van der Waals surface area (Å²) in [6.07, 6.45) is 3.36. The fraction of sp³-hybridized carbons (Fsp3) is 0.111. The van der Waals surface area contributed by atoms with Crippen LogP contribution in [0.4, 0.5) is 14.7 Å². The summed E-state index contributed by atoms with van der Waals surface area (Å²) in [6, 6.07) is 10.5. The van der Waals surface area contributed by atoms with Crippen LogP contribution in [0, 0.1) is 18.6 Å². The maximum Gasteiger partial charge on any atom is 0.221 e. The Labute approximate surface area is 143 Å². The van der Waals surface area contributed by atoms with Crippen molar-refractivity contribution in [1.82, 2.24) is 9.66 Å². The van der Waals surface area contributed by atoms with Gasteiger partial charge in [-0.3, -0.25) is 0 Å². The molecule has 128 valence electrons. The minimum Gasteiger partial charge on any atom is -0.489 e. The van der Waals surface area contributed by atoms with Crippen LogP contribution >= 0.6 is 0 Å². The van der Waals surface area contributed by atoms with Crippen LogP contribution in [0.15, 0.2) is 53.8 Å². The first-order valence-electron chi connectivity index (χ1n) is 7.54. The van der Waals surface area contributed by atoms with E-state index in [0.717, 1.165) is 17.3 Å². The molecule has 2 N–H and O–H groups in total. The normalized spacial score (nSPS) is 11.2. The molecule has 25 heavy (non-hydrogen) atoms. The molecule has 0 aliphatic rings. The summed E-state index contributed by atoms with van der Waals surface area (Å²) in [5, 5.41) is 4.22. The highest BCUT2D eigenvalue weighted by Crippen LogP contribution is 2.16. The SMILES string of the molecule is Cc1cn(N=Cc2ccc(OCc3ccc(F)cc3F)cc2)c(N)n1. The zero-order chi connectivity index (χ0) is 17.8. The summed E-state index contributed by atoms with van der Waals surface area (Å²) in [5.41, 5.74) is 7.62. The number of halogens is 2. The molecule has 0 saturated heterocycles. The zero-order valence-electron chi connectivity index (χ0n) is 13.5. The average Bonchev–Trinajstić information content (AvgIpc) is 2.91. The summed E-state index contributed by atoms with van der Waals surface area (Å²) in [5.74, 6) is -0.357. The van der Waals surface area contributed by atoms with Gasteiger partial charge in [-0.05, 0) is 48.9 Å². The van der Waals surface area contributed by atoms with Gasteiger partial charge in [0, 0.05) is 11.6 Å². The Kier molecular flexibility index (Phi) is 4.74. The quantitative estimate of drug-likeness (QED) is 0.722. The van der Waals surface area contributed by atoms with E-state index in [1.807, 2.05) is 6.92 Å². The second kappa shape index (κ2) is 7.12. The number of benzene rings is 2. The van der Waals surface area contributed by atoms with Crippen LogP contribution in [0.25, 0.3) is 0 Å². The molecule has 0 unspecified atom stereocenters. The van der Waals surface area contributed by atoms with Crippen molar-refractivity contribution < 1.29 is 13.5 Å². The molecule has 3 rings (SSSR count). The lowest BCUT2D eigenvalue weighted by atomic mass is 10.2. The second-order valence-corrected chi connectivity index (χ2v) is 5.42. The highest BCUT2D eigenvalue weighted by atomic mass is 19.1. The molecule has 0 spiro atoms. The molecule has 0 atom stereocenters. The number of rotatable bonds is 5. The third-order valence-electron chi connectivity index (χ3n) is 3.46. The zero-order valence-corrected chi connectivity index (χ0v) is 13.5. The summed E-state index contributed by atoms with van der Waals surface area (Å²) < 4.78 is 33.4. The van der Waals surface area contributed by atoms with Crippen LogP contribution in [-0.2, 0) is 6.61 Å². The van der Waals surface area contributed by atoms with Crippen molar-refractivity contribution in [2.24, 2.45) is 5.10 Å². The van der Waals surface area contributed by atoms with Gasteiger partial charge in [0.1, 0.15) is 24.0 Å². The van der Waals surface area contributed by atoms with E-state index in [-0.39, 0.29) is 12.2 Å². The molecule has 0 bridgehead atoms. The molecule has 1 heterocycles. The molecule has 2 aromatic carbocycles. The Morgan fingerprint density at radius 1 is 1.20 bits per heavy atom. The predicted octanol–water partition coefficient (Wildman–Crippen LogP) is 3.51. The molecule has 0 aliphatic heterocycles. The molecule has 3 aromatic rings. The van der Waals surface area contributed by atoms with Gasteiger partial charge < -0.3 is 10.5 Å². The van der Waals surface area contributed by atoms with Crippen LogP contribution < -0.4 is 10.5 Å². The predicted molar refractivity (Wildman–Crippen MR) is 91.5 cm³/mol. The molecule has 0 fully saturated rings. The van der Waals surface area contributed by atoms with Crippen molar-refractivity contribution in [3.63, 3.8) is 0 Å². The maximum absolute atomic E-state index is 13.6. The van der Waals surface area contributed by atoms with Gasteiger partial charge in [-0.2, -0.15) is 5.10 Å². The van der Waals surface area contributed by atoms with Crippen LogP contribution in [0.2, 0.25) is 0 Å². The van der Waals surface area contributed by atoms with Gasteiger partial charge in [0.15, 0.2) is 0 Å². The fourth-order valence-electron chi connectivity index (χ4n) is 2.18. The number of imidazole rings is 1. The van der Waals surface area contributed by atoms with Crippen LogP contribution in [-0.4, -0.2) is 15.9 Å². The van der Waals surface area contributed by atoms with Crippen molar-refractivity contribution >= 4 is 12.2 Å². The Morgan fingerprint density at radius 2 is 1.96 bits per heavy atom. The fourth-order valence-corrected chi connectivity index (χ4v) is 2.18. The number of aromatic nitrogens is 2. The summed E-state index contributed by atoms with van der Waals surface area (Å²) >= 11 is 0. The topological polar surface area (TPSA) is 65.4 Å². The number of aryl methyl sites for hydroxylation is 1. The minimum absolute atomic E-state index is 0.0183. The Bertz CT molecular complexity index is 904. The number of nitrogen functional groups attached to an aromatic ring is 1. The number of nitrogens with two attached hydrogens (primary N) is 1. The molecule has 0 amide bonds. The van der Waals surface area contributed by atoms with Gasteiger partial charge in [-0.25, -0.2) is 18.4 Å². The maximum atomic E-state index is 13.6. The third kappa shape index (κ3) is 4.20. The van der Waals surface area contributed by atoms with Gasteiger partial charge >= 0.3 is 0 Å². The van der Waals surface area contributed by atoms with Crippen LogP contribution in [0.5, 0.6) is 5.75 Å². The van der Waals surface area contributed by atoms with Gasteiger partial charge in [0.25, 0.3) is 0 Å². The van der Waals surface area contributed by atoms with E-state index >= 15 is 0 Å². The smallest absolute Gasteiger partial charge is 0.221 e. The molecule has 1 aromatic heterocycles. The average molecular weight is 342 g/mol. The standard InChI is InChI=1S/C18H16F2N4O/c1-12-10-24(18(21)23-12)22-9-13-2-6-16(7-3-13)25-11-14-4-5-15(19)8-17(14)20/h2-10H,11H2,1H3,(H2,21,23). The lowest BCUT2D eigenvalue weighted by Crippen LogP contribution is -1.99. The number of hydrogen-bond donors (Lipinski definition) is 1. The largest absolute Gasteiger partial charge is 0.489 e. The van der Waals surface area contributed by atoms with Gasteiger partial charge in [-0.1, -0.05) is 0 Å². The number of hydrogen-bond acceptors (Lipinski definition) is 4. The van der Waals surface area contributed by atoms with Crippen molar-refractivity contribution in [2.75, 3.05) is 5.73 Å². The van der Waals surface area contributed by atoms with Crippen LogP contribution in [0.3, 0.4) is 0 Å². The Morgan fingerprint density at radius 3 is 2.60 bits per heavy atom. The first-order valence-corrected chi connectivity index (χ1v) is 7.54. The van der Waals surface area contributed by atoms with E-state index < -0.39 is 11.6 Å². The van der Waals surface area contributed by atoms with E-state index in [2.05, 4.69) is 10.1 Å². The molecule has 5 nitrogen and oxygen atoms in total. The molecule has 0 aliphatic carbocycles. The lowest BCUT2D eigenvalue weighted by molar-refractivity contribution is 0.299. The second-order valence-electron chi connectivity index (χ2n) is 5.42. The number of anilines is 1. The third-order valence-corrected chi connectivity index (χ3v) is 3.46. The first kappa shape index (κ1) is 16.6. The molecule has 7 heteroatoms. The van der Waals surface area contributed by atoms with E-state index in [1.165, 1.54) is 16.8 Å².